The van der Waals surface area contributed by atoms with Crippen molar-refractivity contribution in [3.8, 4) is 0 Å². The van der Waals surface area contributed by atoms with E-state index in [1.54, 1.807) is 0 Å². The highest BCUT2D eigenvalue weighted by atomic mass is 16.3. The lowest BCUT2D eigenvalue weighted by Crippen LogP contribution is -2.45. The van der Waals surface area contributed by atoms with E-state index in [0.29, 0.717) is 12.8 Å². The number of nitrogens with one attached hydrogen (secondary N) is 1. The molecule has 0 aliphatic carbocycles. The second-order valence-corrected chi connectivity index (χ2v) is 16.2. The Morgan fingerprint density at radius 2 is 0.733 bits per heavy atom. The summed E-state index contributed by atoms with van der Waals surface area (Å²) in [5.74, 6) is -0.0618. The number of carbonyl (C=O) groups excluding carboxylic acids is 1. The van der Waals surface area contributed by atoms with Crippen LogP contribution in [0.2, 0.25) is 0 Å². The number of aliphatic hydroxyl groups is 2. The van der Waals surface area contributed by atoms with E-state index < -0.39 is 12.1 Å². The molecule has 3 N–H and O–H groups in total. The van der Waals surface area contributed by atoms with Crippen molar-refractivity contribution in [3.05, 3.63) is 122 Å². The third kappa shape index (κ3) is 45.9. The first-order valence-electron chi connectivity index (χ1n) is 24.7. The first-order chi connectivity index (χ1) is 29.7. The lowest BCUT2D eigenvalue weighted by Gasteiger charge is -2.22. The Balaban J connectivity index is 3.68. The maximum Gasteiger partial charge on any atom is 0.220 e. The van der Waals surface area contributed by atoms with Crippen molar-refractivity contribution in [3.63, 3.8) is 0 Å². The SMILES string of the molecule is CC/C=C\C/C=C\C/C=C\C/C=C\C/C=C\C/C=C\C/C=C\C/C=C\C/C=C\C/C=C\CCCCCCC(=O)NC(CO)C(O)CCCCCCCCCCCCCCC. The number of hydrogen-bond acceptors (Lipinski definition) is 3. The van der Waals surface area contributed by atoms with Crippen molar-refractivity contribution in [2.24, 2.45) is 0 Å². The van der Waals surface area contributed by atoms with E-state index in [9.17, 15) is 15.0 Å². The molecular formula is C56H93NO3. The van der Waals surface area contributed by atoms with Gasteiger partial charge in [-0.3, -0.25) is 4.79 Å². The third-order valence-electron chi connectivity index (χ3n) is 10.5. The van der Waals surface area contributed by atoms with E-state index in [-0.39, 0.29) is 12.5 Å². The van der Waals surface area contributed by atoms with E-state index >= 15 is 0 Å². The van der Waals surface area contributed by atoms with Crippen LogP contribution in [-0.4, -0.2) is 34.9 Å². The molecule has 0 radical (unpaired) electrons. The van der Waals surface area contributed by atoms with Crippen LogP contribution in [0.25, 0.3) is 0 Å². The van der Waals surface area contributed by atoms with E-state index in [1.807, 2.05) is 0 Å². The molecule has 0 aromatic carbocycles. The molecule has 0 aromatic rings. The Hall–Kier alpha value is -3.21. The molecule has 0 saturated heterocycles. The minimum absolute atomic E-state index is 0.0618. The summed E-state index contributed by atoms with van der Waals surface area (Å²) in [6, 6.07) is -0.558. The number of unbranched alkanes of at least 4 members (excludes halogenated alkanes) is 16. The van der Waals surface area contributed by atoms with Crippen molar-refractivity contribution in [1.29, 1.82) is 0 Å². The standard InChI is InChI=1S/C56H93NO3/c1-3-5-7-9-11-13-15-17-18-19-20-21-22-23-24-25-26-27-28-29-30-31-32-33-34-35-36-37-38-40-42-44-46-48-50-52-56(60)57-54(53-58)55(59)51-49-47-45-43-41-39-16-14-12-10-8-6-4-2/h5,7,11,13,17-18,20-21,23-24,26-27,29-30,32-33,35-36,38,40,54-55,58-59H,3-4,6,8-10,12,14-16,19,22,25,28,31,34,37,39,41-53H2,1-2H3,(H,57,60)/b7-5-,13-11-,18-17-,21-20-,24-23-,27-26-,30-29-,33-32-,36-35-,40-38-. The topological polar surface area (TPSA) is 69.6 Å². The van der Waals surface area contributed by atoms with E-state index in [2.05, 4.69) is 141 Å². The zero-order chi connectivity index (χ0) is 43.5. The molecule has 1 amide bonds. The highest BCUT2D eigenvalue weighted by Crippen LogP contribution is 2.15. The molecule has 4 nitrogen and oxygen atoms in total. The average Bonchev–Trinajstić information content (AvgIpc) is 3.25. The van der Waals surface area contributed by atoms with Crippen LogP contribution in [0.1, 0.15) is 206 Å². The average molecular weight is 828 g/mol. The fourth-order valence-electron chi connectivity index (χ4n) is 6.74. The van der Waals surface area contributed by atoms with Gasteiger partial charge in [0, 0.05) is 6.42 Å². The Bertz CT molecular complexity index is 1210. The van der Waals surface area contributed by atoms with Gasteiger partial charge in [-0.25, -0.2) is 0 Å². The lowest BCUT2D eigenvalue weighted by atomic mass is 10.0. The van der Waals surface area contributed by atoms with Crippen molar-refractivity contribution < 1.29 is 15.0 Å². The number of aliphatic hydroxyl groups excluding tert-OH is 2. The Morgan fingerprint density at radius 3 is 1.10 bits per heavy atom. The molecule has 0 aliphatic heterocycles. The smallest absolute Gasteiger partial charge is 0.220 e. The summed E-state index contributed by atoms with van der Waals surface area (Å²) in [7, 11) is 0. The predicted molar refractivity (Wildman–Crippen MR) is 266 cm³/mol. The monoisotopic (exact) mass is 828 g/mol. The molecule has 340 valence electrons. The molecule has 4 heteroatoms. The predicted octanol–water partition coefficient (Wildman–Crippen LogP) is 16.1. The molecule has 60 heavy (non-hydrogen) atoms. The zero-order valence-electron chi connectivity index (χ0n) is 38.9. The zero-order valence-corrected chi connectivity index (χ0v) is 38.9. The second kappa shape index (κ2) is 50.1. The van der Waals surface area contributed by atoms with Crippen LogP contribution >= 0.6 is 0 Å². The minimum Gasteiger partial charge on any atom is -0.394 e. The molecule has 0 saturated carbocycles. The van der Waals surface area contributed by atoms with Crippen LogP contribution in [0.5, 0.6) is 0 Å². The number of hydrogen-bond donors (Lipinski definition) is 3. The largest absolute Gasteiger partial charge is 0.394 e. The van der Waals surface area contributed by atoms with Crippen molar-refractivity contribution in [1.82, 2.24) is 5.32 Å². The van der Waals surface area contributed by atoms with Gasteiger partial charge in [-0.2, -0.15) is 0 Å². The van der Waals surface area contributed by atoms with Gasteiger partial charge in [0.15, 0.2) is 0 Å². The van der Waals surface area contributed by atoms with Gasteiger partial charge in [-0.15, -0.1) is 0 Å². The van der Waals surface area contributed by atoms with Crippen LogP contribution in [0.4, 0.5) is 0 Å². The van der Waals surface area contributed by atoms with Gasteiger partial charge >= 0.3 is 0 Å². The highest BCUT2D eigenvalue weighted by Gasteiger charge is 2.20. The van der Waals surface area contributed by atoms with Crippen molar-refractivity contribution >= 4 is 5.91 Å². The van der Waals surface area contributed by atoms with Gasteiger partial charge in [0.05, 0.1) is 18.8 Å². The number of amides is 1. The second-order valence-electron chi connectivity index (χ2n) is 16.2. The van der Waals surface area contributed by atoms with Gasteiger partial charge in [-0.1, -0.05) is 232 Å². The number of allylic oxidation sites excluding steroid dienone is 20. The molecule has 0 aliphatic rings. The summed E-state index contributed by atoms with van der Waals surface area (Å²) in [6.45, 7) is 4.22. The molecule has 0 bridgehead atoms. The molecule has 0 fully saturated rings. The van der Waals surface area contributed by atoms with Gasteiger partial charge in [0.25, 0.3) is 0 Å². The summed E-state index contributed by atoms with van der Waals surface area (Å²) >= 11 is 0. The fraction of sp³-hybridized carbons (Fsp3) is 0.625. The van der Waals surface area contributed by atoms with Crippen molar-refractivity contribution in [2.45, 2.75) is 219 Å². The highest BCUT2D eigenvalue weighted by molar-refractivity contribution is 5.76. The first-order valence-corrected chi connectivity index (χ1v) is 24.7. The first kappa shape index (κ1) is 56.8. The molecule has 0 aromatic heterocycles. The van der Waals surface area contributed by atoms with Gasteiger partial charge in [0.2, 0.25) is 5.91 Å². The summed E-state index contributed by atoms with van der Waals surface area (Å²) in [5, 5.41) is 23.2. The summed E-state index contributed by atoms with van der Waals surface area (Å²) < 4.78 is 0. The summed E-state index contributed by atoms with van der Waals surface area (Å²) in [6.07, 6.45) is 77.2. The fourth-order valence-corrected chi connectivity index (χ4v) is 6.74. The third-order valence-corrected chi connectivity index (χ3v) is 10.5. The molecule has 0 heterocycles. The number of carbonyl (C=O) groups is 1. The molecule has 0 spiro atoms. The molecular weight excluding hydrogens is 735 g/mol. The van der Waals surface area contributed by atoms with E-state index in [0.717, 1.165) is 109 Å². The Labute approximate surface area is 371 Å². The van der Waals surface area contributed by atoms with Gasteiger partial charge in [-0.05, 0) is 89.9 Å². The van der Waals surface area contributed by atoms with Crippen molar-refractivity contribution in [2.75, 3.05) is 6.61 Å². The van der Waals surface area contributed by atoms with E-state index in [1.165, 1.54) is 70.6 Å². The van der Waals surface area contributed by atoms with Crippen LogP contribution < -0.4 is 5.32 Å². The normalized spacial score (nSPS) is 14.0. The Morgan fingerprint density at radius 1 is 0.417 bits per heavy atom. The summed E-state index contributed by atoms with van der Waals surface area (Å²) in [4.78, 5) is 12.4. The molecule has 2 atom stereocenters. The lowest BCUT2D eigenvalue weighted by molar-refractivity contribution is -0.123. The maximum atomic E-state index is 12.4. The van der Waals surface area contributed by atoms with Crippen LogP contribution in [0.15, 0.2) is 122 Å². The minimum atomic E-state index is -0.678. The quantitative estimate of drug-likeness (QED) is 0.0424. The maximum absolute atomic E-state index is 12.4. The van der Waals surface area contributed by atoms with Crippen LogP contribution in [0, 0.1) is 0 Å². The summed E-state index contributed by atoms with van der Waals surface area (Å²) in [5.41, 5.74) is 0. The van der Waals surface area contributed by atoms with Crippen LogP contribution in [-0.2, 0) is 4.79 Å². The van der Waals surface area contributed by atoms with Gasteiger partial charge < -0.3 is 15.5 Å². The van der Waals surface area contributed by atoms with E-state index in [4.69, 9.17) is 0 Å². The number of rotatable bonds is 43. The van der Waals surface area contributed by atoms with Gasteiger partial charge in [0.1, 0.15) is 0 Å². The molecule has 2 unspecified atom stereocenters. The Kier molecular flexibility index (Phi) is 47.5. The van der Waals surface area contributed by atoms with Crippen LogP contribution in [0.3, 0.4) is 0 Å². The molecule has 0 rings (SSSR count).